The largest absolute Gasteiger partial charge is 0.355 e. The van der Waals surface area contributed by atoms with E-state index in [-0.39, 0.29) is 5.91 Å². The van der Waals surface area contributed by atoms with Crippen molar-refractivity contribution < 1.29 is 4.79 Å². The molecule has 1 N–H and O–H groups in total. The zero-order valence-corrected chi connectivity index (χ0v) is 11.9. The summed E-state index contributed by atoms with van der Waals surface area (Å²) >= 11 is 0. The number of nitrogens with zero attached hydrogens (tertiary/aromatic N) is 2. The van der Waals surface area contributed by atoms with E-state index in [4.69, 9.17) is 4.98 Å². The van der Waals surface area contributed by atoms with Gasteiger partial charge in [-0.25, -0.2) is 4.98 Å². The van der Waals surface area contributed by atoms with Crippen molar-refractivity contribution in [3.63, 3.8) is 0 Å². The van der Waals surface area contributed by atoms with E-state index < -0.39 is 0 Å². The van der Waals surface area contributed by atoms with Crippen LogP contribution in [0.25, 0.3) is 11.0 Å². The predicted molar refractivity (Wildman–Crippen MR) is 79.6 cm³/mol. The molecule has 20 heavy (non-hydrogen) atoms. The van der Waals surface area contributed by atoms with E-state index in [0.29, 0.717) is 12.5 Å². The Bertz CT molecular complexity index is 613. The van der Waals surface area contributed by atoms with Crippen molar-refractivity contribution in [1.82, 2.24) is 14.9 Å². The summed E-state index contributed by atoms with van der Waals surface area (Å²) < 4.78 is 2.09. The highest BCUT2D eigenvalue weighted by Gasteiger charge is 2.29. The maximum absolute atomic E-state index is 12.1. The van der Waals surface area contributed by atoms with Crippen LogP contribution < -0.4 is 5.32 Å². The van der Waals surface area contributed by atoms with Crippen molar-refractivity contribution in [1.29, 1.82) is 0 Å². The molecule has 0 saturated heterocycles. The highest BCUT2D eigenvalue weighted by atomic mass is 16.1. The molecule has 0 unspecified atom stereocenters. The first-order valence-electron chi connectivity index (χ1n) is 7.51. The zero-order valence-electron chi connectivity index (χ0n) is 11.9. The Balaban J connectivity index is 1.82. The van der Waals surface area contributed by atoms with Gasteiger partial charge in [-0.2, -0.15) is 0 Å². The molecule has 1 aromatic heterocycles. The number of imidazole rings is 1. The summed E-state index contributed by atoms with van der Waals surface area (Å²) in [4.78, 5) is 16.8. The van der Waals surface area contributed by atoms with Crippen LogP contribution in [0.1, 0.15) is 44.3 Å². The van der Waals surface area contributed by atoms with Gasteiger partial charge in [0.2, 0.25) is 5.91 Å². The molecule has 0 spiro atoms. The monoisotopic (exact) mass is 271 g/mol. The molecule has 0 radical (unpaired) electrons. The minimum atomic E-state index is 0.0866. The number of fused-ring (bicyclic) bond motifs is 1. The number of hydrogen-bond acceptors (Lipinski definition) is 2. The van der Waals surface area contributed by atoms with Gasteiger partial charge in [0.1, 0.15) is 12.4 Å². The predicted octanol–water partition coefficient (Wildman–Crippen LogP) is 2.83. The Morgan fingerprint density at radius 3 is 2.95 bits per heavy atom. The van der Waals surface area contributed by atoms with Crippen molar-refractivity contribution in [3.8, 4) is 0 Å². The van der Waals surface area contributed by atoms with Crippen LogP contribution in [-0.4, -0.2) is 22.0 Å². The molecule has 1 aromatic carbocycles. The first-order valence-corrected chi connectivity index (χ1v) is 7.51. The number of rotatable bonds is 6. The molecule has 0 bridgehead atoms. The summed E-state index contributed by atoms with van der Waals surface area (Å²) in [5.74, 6) is 1.71. The zero-order chi connectivity index (χ0) is 13.9. The molecule has 1 aliphatic rings. The third kappa shape index (κ3) is 2.69. The first-order chi connectivity index (χ1) is 9.79. The molecular weight excluding hydrogens is 250 g/mol. The molecule has 4 heteroatoms. The van der Waals surface area contributed by atoms with Crippen molar-refractivity contribution in [2.24, 2.45) is 0 Å². The van der Waals surface area contributed by atoms with Crippen molar-refractivity contribution in [2.45, 2.75) is 45.1 Å². The van der Waals surface area contributed by atoms with E-state index in [1.807, 2.05) is 24.3 Å². The van der Waals surface area contributed by atoms with Gasteiger partial charge in [-0.3, -0.25) is 4.79 Å². The lowest BCUT2D eigenvalue weighted by atomic mass is 10.3. The van der Waals surface area contributed by atoms with Gasteiger partial charge in [0.25, 0.3) is 0 Å². The molecule has 0 atom stereocenters. The molecular formula is C16H21N3O. The number of para-hydroxylation sites is 2. The average molecular weight is 271 g/mol. The number of amides is 1. The lowest BCUT2D eigenvalue weighted by Gasteiger charge is -2.09. The first kappa shape index (κ1) is 13.2. The Labute approximate surface area is 119 Å². The van der Waals surface area contributed by atoms with E-state index in [9.17, 15) is 4.79 Å². The van der Waals surface area contributed by atoms with Gasteiger partial charge in [-0.1, -0.05) is 25.5 Å². The van der Waals surface area contributed by atoms with Crippen LogP contribution in [0.5, 0.6) is 0 Å². The summed E-state index contributed by atoms with van der Waals surface area (Å²) in [6.45, 7) is 3.28. The van der Waals surface area contributed by atoms with Crippen LogP contribution in [0.15, 0.2) is 24.3 Å². The van der Waals surface area contributed by atoms with Crippen LogP contribution in [0.2, 0.25) is 0 Å². The van der Waals surface area contributed by atoms with Gasteiger partial charge >= 0.3 is 0 Å². The molecule has 3 rings (SSSR count). The maximum atomic E-state index is 12.1. The molecule has 1 fully saturated rings. The summed E-state index contributed by atoms with van der Waals surface area (Å²) in [5.41, 5.74) is 2.07. The summed E-state index contributed by atoms with van der Waals surface area (Å²) in [5, 5.41) is 2.99. The van der Waals surface area contributed by atoms with Gasteiger partial charge in [-0.05, 0) is 31.4 Å². The Morgan fingerprint density at radius 1 is 1.40 bits per heavy atom. The second-order valence-electron chi connectivity index (χ2n) is 5.52. The van der Waals surface area contributed by atoms with Crippen LogP contribution in [0.4, 0.5) is 0 Å². The lowest BCUT2D eigenvalue weighted by molar-refractivity contribution is -0.121. The molecule has 1 aliphatic carbocycles. The Hall–Kier alpha value is -1.84. The number of aromatic nitrogens is 2. The number of unbranched alkanes of at least 4 members (excludes halogenated alkanes) is 1. The molecule has 2 aromatic rings. The normalized spacial score (nSPS) is 14.7. The van der Waals surface area contributed by atoms with Crippen molar-refractivity contribution in [2.75, 3.05) is 6.54 Å². The fourth-order valence-corrected chi connectivity index (χ4v) is 2.52. The maximum Gasteiger partial charge on any atom is 0.240 e. The number of nitrogens with one attached hydrogen (secondary N) is 1. The van der Waals surface area contributed by atoms with Crippen molar-refractivity contribution >= 4 is 16.9 Å². The van der Waals surface area contributed by atoms with E-state index >= 15 is 0 Å². The topological polar surface area (TPSA) is 46.9 Å². The fourth-order valence-electron chi connectivity index (χ4n) is 2.52. The molecule has 4 nitrogen and oxygen atoms in total. The number of benzene rings is 1. The van der Waals surface area contributed by atoms with Crippen LogP contribution >= 0.6 is 0 Å². The van der Waals surface area contributed by atoms with Gasteiger partial charge in [-0.15, -0.1) is 0 Å². The van der Waals surface area contributed by atoms with Crippen molar-refractivity contribution in [3.05, 3.63) is 30.1 Å². The van der Waals surface area contributed by atoms with Crippen LogP contribution in [0, 0.1) is 0 Å². The van der Waals surface area contributed by atoms with Crippen LogP contribution in [0.3, 0.4) is 0 Å². The summed E-state index contributed by atoms with van der Waals surface area (Å²) in [7, 11) is 0. The lowest BCUT2D eigenvalue weighted by Crippen LogP contribution is -2.28. The third-order valence-corrected chi connectivity index (χ3v) is 3.78. The van der Waals surface area contributed by atoms with Gasteiger partial charge < -0.3 is 9.88 Å². The van der Waals surface area contributed by atoms with E-state index in [1.165, 1.54) is 12.8 Å². The highest BCUT2D eigenvalue weighted by Crippen LogP contribution is 2.40. The minimum Gasteiger partial charge on any atom is -0.355 e. The Morgan fingerprint density at radius 2 is 2.20 bits per heavy atom. The van der Waals surface area contributed by atoms with Gasteiger partial charge in [0, 0.05) is 12.5 Å². The minimum absolute atomic E-state index is 0.0866. The second-order valence-corrected chi connectivity index (χ2v) is 5.52. The second kappa shape index (κ2) is 5.65. The molecule has 1 amide bonds. The van der Waals surface area contributed by atoms with E-state index in [0.717, 1.165) is 36.2 Å². The quantitative estimate of drug-likeness (QED) is 0.821. The number of hydrogen-bond donors (Lipinski definition) is 1. The Kier molecular flexibility index (Phi) is 3.72. The molecule has 106 valence electrons. The van der Waals surface area contributed by atoms with E-state index in [1.54, 1.807) is 0 Å². The fraction of sp³-hybridized carbons (Fsp3) is 0.500. The van der Waals surface area contributed by atoms with Crippen LogP contribution in [-0.2, 0) is 11.3 Å². The average Bonchev–Trinajstić information content (AvgIpc) is 3.23. The number of carbonyl (C=O) groups excluding carboxylic acids is 1. The smallest absolute Gasteiger partial charge is 0.240 e. The molecule has 1 saturated carbocycles. The standard InChI is InChI=1S/C16H21N3O/c1-2-3-10-17-15(20)11-19-14-7-5-4-6-13(14)18-16(19)12-8-9-12/h4-7,12H,2-3,8-11H2,1H3,(H,17,20). The highest BCUT2D eigenvalue weighted by molar-refractivity contribution is 5.81. The third-order valence-electron chi connectivity index (χ3n) is 3.78. The van der Waals surface area contributed by atoms with Gasteiger partial charge in [0.15, 0.2) is 0 Å². The molecule has 1 heterocycles. The van der Waals surface area contributed by atoms with Gasteiger partial charge in [0.05, 0.1) is 11.0 Å². The SMILES string of the molecule is CCCCNC(=O)Cn1c(C2CC2)nc2ccccc21. The molecule has 0 aliphatic heterocycles. The van der Waals surface area contributed by atoms with E-state index in [2.05, 4.69) is 16.8 Å². The summed E-state index contributed by atoms with van der Waals surface area (Å²) in [6, 6.07) is 8.07. The summed E-state index contributed by atoms with van der Waals surface area (Å²) in [6.07, 6.45) is 4.52. The number of carbonyl (C=O) groups is 1.